The number of nitrogens with zero attached hydrogens (tertiary/aromatic N) is 2. The zero-order valence-electron chi connectivity index (χ0n) is 19.9. The van der Waals surface area contributed by atoms with Gasteiger partial charge in [-0.2, -0.15) is 0 Å². The molecular weight excluding hydrogens is 424 g/mol. The Hall–Kier alpha value is -3.60. The van der Waals surface area contributed by atoms with E-state index < -0.39 is 5.97 Å². The van der Waals surface area contributed by atoms with Gasteiger partial charge in [0.15, 0.2) is 0 Å². The summed E-state index contributed by atoms with van der Waals surface area (Å²) in [5.74, 6) is -0.166. The Morgan fingerprint density at radius 2 is 1.82 bits per heavy atom. The van der Waals surface area contributed by atoms with Crippen LogP contribution in [-0.2, 0) is 20.9 Å². The fourth-order valence-corrected chi connectivity index (χ4v) is 4.62. The number of aromatic nitrogens is 1. The van der Waals surface area contributed by atoms with Crippen molar-refractivity contribution in [3.8, 4) is 5.69 Å². The molecule has 34 heavy (non-hydrogen) atoms. The number of para-hydroxylation sites is 1. The van der Waals surface area contributed by atoms with E-state index >= 15 is 0 Å². The number of benzene rings is 2. The number of carbonyl (C=O) groups excluding carboxylic acids is 2. The molecule has 0 aliphatic heterocycles. The molecule has 0 spiro atoms. The van der Waals surface area contributed by atoms with Crippen molar-refractivity contribution < 1.29 is 14.3 Å². The third-order valence-electron chi connectivity index (χ3n) is 6.38. The molecule has 1 fully saturated rings. The molecule has 5 nitrogen and oxygen atoms in total. The van der Waals surface area contributed by atoms with Crippen molar-refractivity contribution in [2.24, 2.45) is 5.92 Å². The molecular formula is C29H32N2O3. The Morgan fingerprint density at radius 3 is 2.56 bits per heavy atom. The first-order chi connectivity index (χ1) is 16.5. The molecule has 0 unspecified atom stereocenters. The fraction of sp³-hybridized carbons (Fsp3) is 0.310. The van der Waals surface area contributed by atoms with Crippen LogP contribution in [0.5, 0.6) is 0 Å². The Labute approximate surface area is 201 Å². The van der Waals surface area contributed by atoms with Crippen molar-refractivity contribution in [2.75, 3.05) is 12.0 Å². The lowest BCUT2D eigenvalue weighted by molar-refractivity contribution is -0.134. The standard InChI is InChI=1S/C29H32N2O3/c1-22-17-23(13-14-28(32)34-2)19-27(18-22)31(29(33)25-9-5-3-6-10-25)21-24-15-16-30(20-24)26-11-7-4-8-12-26/h4,7-8,11-20,25H,3,5-6,9-10,21H2,1-2H3/b14-13+. The van der Waals surface area contributed by atoms with Crippen LogP contribution in [0.4, 0.5) is 5.69 Å². The average Bonchev–Trinajstić information content (AvgIpc) is 3.35. The highest BCUT2D eigenvalue weighted by atomic mass is 16.5. The second-order valence-electron chi connectivity index (χ2n) is 8.98. The Balaban J connectivity index is 1.65. The summed E-state index contributed by atoms with van der Waals surface area (Å²) >= 11 is 0. The van der Waals surface area contributed by atoms with Crippen molar-refractivity contribution in [1.29, 1.82) is 0 Å². The quantitative estimate of drug-likeness (QED) is 0.320. The van der Waals surface area contributed by atoms with Crippen LogP contribution in [0.25, 0.3) is 11.8 Å². The predicted molar refractivity (Wildman–Crippen MR) is 136 cm³/mol. The molecule has 176 valence electrons. The summed E-state index contributed by atoms with van der Waals surface area (Å²) < 4.78 is 6.81. The van der Waals surface area contributed by atoms with Gasteiger partial charge in [-0.15, -0.1) is 0 Å². The molecule has 1 heterocycles. The lowest BCUT2D eigenvalue weighted by atomic mass is 9.88. The van der Waals surface area contributed by atoms with Gasteiger partial charge in [-0.25, -0.2) is 4.79 Å². The SMILES string of the molecule is COC(=O)/C=C/c1cc(C)cc(N(Cc2ccn(-c3ccccc3)c2)C(=O)C2CCCCC2)c1. The van der Waals surface area contributed by atoms with Crippen molar-refractivity contribution in [1.82, 2.24) is 4.57 Å². The number of hydrogen-bond acceptors (Lipinski definition) is 3. The topological polar surface area (TPSA) is 51.5 Å². The van der Waals surface area contributed by atoms with Gasteiger partial charge in [0.25, 0.3) is 0 Å². The first-order valence-corrected chi connectivity index (χ1v) is 11.9. The average molecular weight is 457 g/mol. The monoisotopic (exact) mass is 456 g/mol. The molecule has 0 bridgehead atoms. The van der Waals surface area contributed by atoms with Crippen LogP contribution in [0.1, 0.15) is 48.8 Å². The minimum Gasteiger partial charge on any atom is -0.466 e. The van der Waals surface area contributed by atoms with Gasteiger partial charge in [0.2, 0.25) is 5.91 Å². The molecule has 0 N–H and O–H groups in total. The van der Waals surface area contributed by atoms with E-state index in [1.54, 1.807) is 6.08 Å². The largest absolute Gasteiger partial charge is 0.466 e. The van der Waals surface area contributed by atoms with Gasteiger partial charge in [-0.1, -0.05) is 43.5 Å². The number of methoxy groups -OCH3 is 1. The molecule has 3 aromatic rings. The van der Waals surface area contributed by atoms with Crippen molar-refractivity contribution in [3.63, 3.8) is 0 Å². The summed E-state index contributed by atoms with van der Waals surface area (Å²) in [4.78, 5) is 27.2. The van der Waals surface area contributed by atoms with Crippen molar-refractivity contribution in [3.05, 3.63) is 89.8 Å². The normalized spacial score (nSPS) is 14.3. The molecule has 1 saturated carbocycles. The highest BCUT2D eigenvalue weighted by Gasteiger charge is 2.27. The first-order valence-electron chi connectivity index (χ1n) is 11.9. The molecule has 1 aliphatic carbocycles. The van der Waals surface area contributed by atoms with E-state index in [9.17, 15) is 9.59 Å². The number of rotatable bonds is 7. The van der Waals surface area contributed by atoms with Crippen LogP contribution in [0, 0.1) is 12.8 Å². The number of ether oxygens (including phenoxy) is 1. The maximum absolute atomic E-state index is 13.7. The number of carbonyl (C=O) groups is 2. The van der Waals surface area contributed by atoms with Gasteiger partial charge in [0, 0.05) is 35.8 Å². The molecule has 1 aliphatic rings. The van der Waals surface area contributed by atoms with Crippen molar-refractivity contribution >= 4 is 23.6 Å². The summed E-state index contributed by atoms with van der Waals surface area (Å²) in [6, 6.07) is 18.3. The smallest absolute Gasteiger partial charge is 0.330 e. The third-order valence-corrected chi connectivity index (χ3v) is 6.38. The number of esters is 1. The highest BCUT2D eigenvalue weighted by Crippen LogP contribution is 2.30. The number of hydrogen-bond donors (Lipinski definition) is 0. The molecule has 1 amide bonds. The lowest BCUT2D eigenvalue weighted by Gasteiger charge is -2.30. The molecule has 1 aromatic heterocycles. The van der Waals surface area contributed by atoms with E-state index in [-0.39, 0.29) is 11.8 Å². The van der Waals surface area contributed by atoms with Gasteiger partial charge < -0.3 is 14.2 Å². The molecule has 2 aromatic carbocycles. The Bertz CT molecular complexity index is 1160. The van der Waals surface area contributed by atoms with Gasteiger partial charge in [0.1, 0.15) is 0 Å². The minimum absolute atomic E-state index is 0.0551. The predicted octanol–water partition coefficient (Wildman–Crippen LogP) is 6.09. The zero-order valence-corrected chi connectivity index (χ0v) is 19.9. The van der Waals surface area contributed by atoms with E-state index in [0.717, 1.165) is 53.7 Å². The highest BCUT2D eigenvalue weighted by molar-refractivity contribution is 5.95. The molecule has 5 heteroatoms. The third kappa shape index (κ3) is 5.84. The maximum atomic E-state index is 13.7. The Kier molecular flexibility index (Phi) is 7.63. The van der Waals surface area contributed by atoms with Crippen LogP contribution in [-0.4, -0.2) is 23.6 Å². The van der Waals surface area contributed by atoms with Gasteiger partial charge in [0.05, 0.1) is 13.7 Å². The van der Waals surface area contributed by atoms with Crippen LogP contribution < -0.4 is 4.90 Å². The summed E-state index contributed by atoms with van der Waals surface area (Å²) in [5.41, 5.74) is 4.91. The van der Waals surface area contributed by atoms with Crippen molar-refractivity contribution in [2.45, 2.75) is 45.6 Å². The molecule has 0 radical (unpaired) electrons. The number of aryl methyl sites for hydroxylation is 1. The minimum atomic E-state index is -0.402. The van der Waals surface area contributed by atoms with E-state index in [4.69, 9.17) is 4.74 Å². The molecule has 4 rings (SSSR count). The van der Waals surface area contributed by atoms with E-state index in [1.807, 2.05) is 54.4 Å². The first kappa shape index (κ1) is 23.6. The molecule has 0 atom stereocenters. The second-order valence-corrected chi connectivity index (χ2v) is 8.98. The number of amides is 1. The number of anilines is 1. The summed E-state index contributed by atoms with van der Waals surface area (Å²) in [7, 11) is 1.36. The lowest BCUT2D eigenvalue weighted by Crippen LogP contribution is -2.36. The van der Waals surface area contributed by atoms with E-state index in [2.05, 4.69) is 29.0 Å². The van der Waals surface area contributed by atoms with Crippen LogP contribution in [0.3, 0.4) is 0 Å². The summed E-state index contributed by atoms with van der Waals surface area (Å²) in [6.45, 7) is 2.51. The van der Waals surface area contributed by atoms with E-state index in [1.165, 1.54) is 19.6 Å². The van der Waals surface area contributed by atoms with E-state index in [0.29, 0.717) is 6.54 Å². The Morgan fingerprint density at radius 1 is 1.06 bits per heavy atom. The maximum Gasteiger partial charge on any atom is 0.330 e. The van der Waals surface area contributed by atoms with Gasteiger partial charge >= 0.3 is 5.97 Å². The van der Waals surface area contributed by atoms with Crippen LogP contribution >= 0.6 is 0 Å². The zero-order chi connectivity index (χ0) is 23.9. The van der Waals surface area contributed by atoms with Crippen LogP contribution in [0.15, 0.2) is 73.1 Å². The molecule has 0 saturated heterocycles. The van der Waals surface area contributed by atoms with Crippen LogP contribution in [0.2, 0.25) is 0 Å². The summed E-state index contributed by atoms with van der Waals surface area (Å²) in [5, 5.41) is 0. The summed E-state index contributed by atoms with van der Waals surface area (Å²) in [6.07, 6.45) is 12.6. The fourth-order valence-electron chi connectivity index (χ4n) is 4.62. The van der Waals surface area contributed by atoms with Gasteiger partial charge in [-0.05, 0) is 72.9 Å². The second kappa shape index (κ2) is 11.0. The van der Waals surface area contributed by atoms with Gasteiger partial charge in [-0.3, -0.25) is 4.79 Å².